The molecule has 1 saturated heterocycles. The number of ether oxygens (including phenoxy) is 1. The molecule has 0 radical (unpaired) electrons. The minimum atomic E-state index is -0.944. The summed E-state index contributed by atoms with van der Waals surface area (Å²) in [4.78, 5) is 39.3. The minimum Gasteiger partial charge on any atom is -0.483 e. The van der Waals surface area contributed by atoms with E-state index in [2.05, 4.69) is 6.07 Å². The highest BCUT2D eigenvalue weighted by molar-refractivity contribution is 5.80. The average molecular weight is 417 g/mol. The van der Waals surface area contributed by atoms with E-state index in [1.54, 1.807) is 9.80 Å². The van der Waals surface area contributed by atoms with Crippen LogP contribution in [0.15, 0.2) is 24.3 Å². The molecule has 2 aliphatic rings. The molecule has 1 aromatic rings. The monoisotopic (exact) mass is 416 g/mol. The van der Waals surface area contributed by atoms with E-state index < -0.39 is 5.97 Å². The fraction of sp³-hybridized carbons (Fsp3) is 0.609. The number of aliphatic carboxylic acids is 1. The number of hydrogen-bond donors (Lipinski definition) is 1. The summed E-state index contributed by atoms with van der Waals surface area (Å²) >= 11 is 0. The van der Waals surface area contributed by atoms with Crippen molar-refractivity contribution in [2.45, 2.75) is 51.4 Å². The second-order valence-electron chi connectivity index (χ2n) is 8.63. The van der Waals surface area contributed by atoms with Gasteiger partial charge in [0.25, 0.3) is 5.91 Å². The van der Waals surface area contributed by atoms with Gasteiger partial charge in [0.2, 0.25) is 5.91 Å². The first-order chi connectivity index (χ1) is 14.4. The zero-order valence-corrected chi connectivity index (χ0v) is 17.8. The van der Waals surface area contributed by atoms with Gasteiger partial charge in [-0.15, -0.1) is 0 Å². The molecule has 7 nitrogen and oxygen atoms in total. The number of nitrogens with zero attached hydrogens (tertiary/aromatic N) is 2. The van der Waals surface area contributed by atoms with Crippen molar-refractivity contribution in [3.8, 4) is 5.75 Å². The molecule has 0 bridgehead atoms. The van der Waals surface area contributed by atoms with Crippen molar-refractivity contribution in [2.75, 3.05) is 33.3 Å². The third kappa shape index (κ3) is 5.74. The van der Waals surface area contributed by atoms with Gasteiger partial charge in [-0.3, -0.25) is 14.4 Å². The molecule has 1 N–H and O–H groups in total. The molecule has 0 unspecified atom stereocenters. The highest BCUT2D eigenvalue weighted by Gasteiger charge is 2.37. The topological polar surface area (TPSA) is 87.2 Å². The lowest BCUT2D eigenvalue weighted by Gasteiger charge is -2.44. The Bertz CT molecular complexity index is 771. The smallest absolute Gasteiger partial charge is 0.303 e. The SMILES string of the molecule is CN1CC2(CCCCc3ccccc3OCC1=O)CCN(C(=O)CCC(=O)O)CC2. The van der Waals surface area contributed by atoms with Crippen molar-refractivity contribution in [1.29, 1.82) is 0 Å². The molecular weight excluding hydrogens is 384 g/mol. The molecule has 1 spiro atoms. The molecule has 3 rings (SSSR count). The lowest BCUT2D eigenvalue weighted by molar-refractivity contribution is -0.142. The van der Waals surface area contributed by atoms with E-state index in [0.717, 1.165) is 49.8 Å². The van der Waals surface area contributed by atoms with Gasteiger partial charge in [-0.2, -0.15) is 0 Å². The second kappa shape index (κ2) is 9.96. The molecule has 30 heavy (non-hydrogen) atoms. The maximum Gasteiger partial charge on any atom is 0.303 e. The predicted octanol–water partition coefficient (Wildman–Crippen LogP) is 2.72. The predicted molar refractivity (Wildman–Crippen MR) is 112 cm³/mol. The van der Waals surface area contributed by atoms with Gasteiger partial charge in [0.05, 0.1) is 6.42 Å². The number of para-hydroxylation sites is 1. The third-order valence-corrected chi connectivity index (χ3v) is 6.45. The lowest BCUT2D eigenvalue weighted by atomic mass is 9.73. The van der Waals surface area contributed by atoms with Crippen molar-refractivity contribution >= 4 is 17.8 Å². The van der Waals surface area contributed by atoms with E-state index in [4.69, 9.17) is 9.84 Å². The third-order valence-electron chi connectivity index (χ3n) is 6.45. The summed E-state index contributed by atoms with van der Waals surface area (Å²) in [7, 11) is 1.83. The Labute approximate surface area is 178 Å². The Balaban J connectivity index is 1.65. The number of carboxylic acids is 1. The molecule has 2 heterocycles. The highest BCUT2D eigenvalue weighted by atomic mass is 16.5. The number of carboxylic acid groups (broad SMARTS) is 1. The number of likely N-dealkylation sites (N-methyl/N-ethyl adjacent to an activating group) is 1. The standard InChI is InChI=1S/C23H32N2O5/c1-24-17-23(12-14-25(15-13-23)20(26)9-10-22(28)29)11-5-4-7-18-6-2-3-8-19(18)30-16-21(24)27/h2-3,6,8H,4-5,7,9-17H2,1H3,(H,28,29). The number of hydrogen-bond acceptors (Lipinski definition) is 4. The van der Waals surface area contributed by atoms with Crippen molar-refractivity contribution in [1.82, 2.24) is 9.80 Å². The lowest BCUT2D eigenvalue weighted by Crippen LogP contribution is -2.49. The fourth-order valence-electron chi connectivity index (χ4n) is 4.60. The molecule has 7 heteroatoms. The first-order valence-electron chi connectivity index (χ1n) is 10.8. The normalized spacial score (nSPS) is 20.0. The molecule has 0 aromatic heterocycles. The first kappa shape index (κ1) is 22.1. The summed E-state index contributed by atoms with van der Waals surface area (Å²) in [6.45, 7) is 1.94. The van der Waals surface area contributed by atoms with Crippen LogP contribution in [0.25, 0.3) is 0 Å². The van der Waals surface area contributed by atoms with Crippen LogP contribution < -0.4 is 4.74 Å². The van der Waals surface area contributed by atoms with E-state index in [1.807, 2.05) is 25.2 Å². The molecule has 0 atom stereocenters. The first-order valence-corrected chi connectivity index (χ1v) is 10.8. The summed E-state index contributed by atoms with van der Waals surface area (Å²) in [5, 5.41) is 8.81. The molecule has 164 valence electrons. The zero-order chi connectivity index (χ0) is 21.6. The number of piperidine rings is 1. The van der Waals surface area contributed by atoms with Crippen LogP contribution in [0.4, 0.5) is 0 Å². The molecular formula is C23H32N2O5. The van der Waals surface area contributed by atoms with Crippen molar-refractivity contribution in [3.05, 3.63) is 29.8 Å². The van der Waals surface area contributed by atoms with Crippen LogP contribution in [-0.4, -0.2) is 66.0 Å². The number of likely N-dealkylation sites (tertiary alicyclic amines) is 1. The van der Waals surface area contributed by atoms with Gasteiger partial charge in [0, 0.05) is 33.1 Å². The van der Waals surface area contributed by atoms with Gasteiger partial charge in [-0.05, 0) is 49.1 Å². The van der Waals surface area contributed by atoms with Gasteiger partial charge in [-0.25, -0.2) is 0 Å². The number of rotatable bonds is 3. The molecule has 1 aromatic carbocycles. The fourth-order valence-corrected chi connectivity index (χ4v) is 4.60. The summed E-state index contributed by atoms with van der Waals surface area (Å²) in [5.74, 6) is -0.276. The number of carbonyl (C=O) groups is 3. The Kier molecular flexibility index (Phi) is 7.34. The van der Waals surface area contributed by atoms with E-state index in [0.29, 0.717) is 19.6 Å². The number of benzene rings is 1. The molecule has 2 amide bonds. The Hall–Kier alpha value is -2.57. The van der Waals surface area contributed by atoms with E-state index in [-0.39, 0.29) is 36.7 Å². The van der Waals surface area contributed by atoms with Gasteiger partial charge in [0.15, 0.2) is 6.61 Å². The van der Waals surface area contributed by atoms with Crippen molar-refractivity contribution < 1.29 is 24.2 Å². The summed E-state index contributed by atoms with van der Waals surface area (Å²) in [6.07, 6.45) is 5.66. The molecule has 1 fully saturated rings. The Morgan fingerprint density at radius 1 is 1.10 bits per heavy atom. The van der Waals surface area contributed by atoms with Crippen LogP contribution >= 0.6 is 0 Å². The number of amides is 2. The largest absolute Gasteiger partial charge is 0.483 e. The maximum absolute atomic E-state index is 12.7. The average Bonchev–Trinajstić information content (AvgIpc) is 2.74. The minimum absolute atomic E-state index is 0.00724. The number of aryl methyl sites for hydroxylation is 1. The second-order valence-corrected chi connectivity index (χ2v) is 8.63. The van der Waals surface area contributed by atoms with Crippen molar-refractivity contribution in [3.63, 3.8) is 0 Å². The molecule has 0 aliphatic carbocycles. The van der Waals surface area contributed by atoms with Gasteiger partial charge in [0.1, 0.15) is 5.75 Å². The van der Waals surface area contributed by atoms with Gasteiger partial charge >= 0.3 is 5.97 Å². The van der Waals surface area contributed by atoms with Crippen LogP contribution in [0.1, 0.15) is 50.5 Å². The maximum atomic E-state index is 12.7. The van der Waals surface area contributed by atoms with Crippen LogP contribution in [0, 0.1) is 5.41 Å². The number of carbonyl (C=O) groups excluding carboxylic acids is 2. The van der Waals surface area contributed by atoms with Crippen LogP contribution in [-0.2, 0) is 20.8 Å². The summed E-state index contributed by atoms with van der Waals surface area (Å²) < 4.78 is 5.82. The van der Waals surface area contributed by atoms with Gasteiger partial charge in [-0.1, -0.05) is 24.6 Å². The van der Waals surface area contributed by atoms with Crippen LogP contribution in [0.2, 0.25) is 0 Å². The zero-order valence-electron chi connectivity index (χ0n) is 17.8. The molecule has 0 saturated carbocycles. The van der Waals surface area contributed by atoms with E-state index in [9.17, 15) is 14.4 Å². The number of fused-ring (bicyclic) bond motifs is 1. The van der Waals surface area contributed by atoms with E-state index >= 15 is 0 Å². The van der Waals surface area contributed by atoms with Crippen LogP contribution in [0.5, 0.6) is 5.75 Å². The Morgan fingerprint density at radius 2 is 1.83 bits per heavy atom. The highest BCUT2D eigenvalue weighted by Crippen LogP contribution is 2.38. The summed E-state index contributed by atoms with van der Waals surface area (Å²) in [6, 6.07) is 7.92. The quantitative estimate of drug-likeness (QED) is 0.819. The summed E-state index contributed by atoms with van der Waals surface area (Å²) in [5.41, 5.74) is 1.13. The Morgan fingerprint density at radius 3 is 2.57 bits per heavy atom. The van der Waals surface area contributed by atoms with E-state index in [1.165, 1.54) is 0 Å². The molecule has 2 aliphatic heterocycles. The van der Waals surface area contributed by atoms with Crippen LogP contribution in [0.3, 0.4) is 0 Å². The van der Waals surface area contributed by atoms with Gasteiger partial charge < -0.3 is 19.6 Å². The van der Waals surface area contributed by atoms with Crippen molar-refractivity contribution in [2.24, 2.45) is 5.41 Å².